The molecule has 2 N–H and O–H groups in total. The van der Waals surface area contributed by atoms with Crippen LogP contribution in [0.3, 0.4) is 0 Å². The number of aliphatic carboxylic acids is 1. The Morgan fingerprint density at radius 2 is 1.89 bits per heavy atom. The van der Waals surface area contributed by atoms with E-state index in [2.05, 4.69) is 37.2 Å². The summed E-state index contributed by atoms with van der Waals surface area (Å²) < 4.78 is 12.9. The number of fused-ring (bicyclic) bond motifs is 1. The SMILES string of the molecule is O=C(Cc1ccccc1)NC1C(=O)N2C(C(=O)O)=C(CBr)C(CBr)S(=O)[C@H]12. The predicted octanol–water partition coefficient (Wildman–Crippen LogP) is 1.14. The molecule has 27 heavy (non-hydrogen) atoms. The molecule has 2 amide bonds. The molecule has 1 aromatic carbocycles. The molecule has 3 unspecified atom stereocenters. The molecule has 0 bridgehead atoms. The van der Waals surface area contributed by atoms with E-state index in [1.165, 1.54) is 0 Å². The first-order chi connectivity index (χ1) is 12.9. The number of halogens is 2. The number of β-lactam (4-membered cyclic amide) rings is 1. The molecule has 0 spiro atoms. The van der Waals surface area contributed by atoms with Gasteiger partial charge in [0.15, 0.2) is 0 Å². The Bertz CT molecular complexity index is 845. The molecule has 1 aromatic rings. The lowest BCUT2D eigenvalue weighted by atomic mass is 10.0. The van der Waals surface area contributed by atoms with Gasteiger partial charge in [-0.25, -0.2) is 4.79 Å². The van der Waals surface area contributed by atoms with Crippen LogP contribution in [-0.4, -0.2) is 59.3 Å². The van der Waals surface area contributed by atoms with Gasteiger partial charge in [-0.15, -0.1) is 0 Å². The van der Waals surface area contributed by atoms with Gasteiger partial charge in [0, 0.05) is 10.7 Å². The van der Waals surface area contributed by atoms with Gasteiger partial charge in [0.05, 0.1) is 22.5 Å². The van der Waals surface area contributed by atoms with Gasteiger partial charge in [-0.05, 0) is 11.1 Å². The van der Waals surface area contributed by atoms with Crippen molar-refractivity contribution < 1.29 is 23.7 Å². The van der Waals surface area contributed by atoms with Crippen molar-refractivity contribution in [2.24, 2.45) is 0 Å². The molecule has 2 heterocycles. The van der Waals surface area contributed by atoms with Crippen LogP contribution in [0.15, 0.2) is 41.6 Å². The van der Waals surface area contributed by atoms with Crippen molar-refractivity contribution in [2.45, 2.75) is 23.1 Å². The fraction of sp³-hybridized carbons (Fsp3) is 0.353. The predicted molar refractivity (Wildman–Crippen MR) is 107 cm³/mol. The first-order valence-corrected chi connectivity index (χ1v) is 11.6. The van der Waals surface area contributed by atoms with Crippen LogP contribution in [0.2, 0.25) is 0 Å². The molecule has 1 fully saturated rings. The number of nitrogens with one attached hydrogen (secondary N) is 1. The Morgan fingerprint density at radius 1 is 1.22 bits per heavy atom. The van der Waals surface area contributed by atoms with Crippen molar-refractivity contribution in [2.75, 3.05) is 10.7 Å². The minimum atomic E-state index is -1.55. The van der Waals surface area contributed by atoms with Crippen molar-refractivity contribution in [1.29, 1.82) is 0 Å². The number of carboxylic acids is 1. The first kappa shape index (κ1) is 20.2. The van der Waals surface area contributed by atoms with Crippen LogP contribution in [0.4, 0.5) is 0 Å². The van der Waals surface area contributed by atoms with E-state index < -0.39 is 39.3 Å². The Morgan fingerprint density at radius 3 is 2.44 bits per heavy atom. The van der Waals surface area contributed by atoms with Gasteiger partial charge in [-0.2, -0.15) is 0 Å². The molecule has 144 valence electrons. The number of amides is 2. The minimum absolute atomic E-state index is 0.0835. The van der Waals surface area contributed by atoms with Crippen LogP contribution < -0.4 is 5.32 Å². The molecular weight excluding hydrogens is 504 g/mol. The number of carbonyl (C=O) groups is 3. The van der Waals surface area contributed by atoms with E-state index >= 15 is 0 Å². The highest BCUT2D eigenvalue weighted by molar-refractivity contribution is 9.09. The summed E-state index contributed by atoms with van der Waals surface area (Å²) in [7, 11) is -1.55. The first-order valence-electron chi connectivity index (χ1n) is 8.04. The monoisotopic (exact) mass is 518 g/mol. The quantitative estimate of drug-likeness (QED) is 0.433. The second kappa shape index (κ2) is 8.24. The summed E-state index contributed by atoms with van der Waals surface area (Å²) in [5.41, 5.74) is 1.03. The van der Waals surface area contributed by atoms with E-state index in [0.717, 1.165) is 10.5 Å². The number of carboxylic acid groups (broad SMARTS) is 1. The highest BCUT2D eigenvalue weighted by Crippen LogP contribution is 2.39. The van der Waals surface area contributed by atoms with Crippen LogP contribution >= 0.6 is 31.9 Å². The zero-order valence-electron chi connectivity index (χ0n) is 13.9. The Labute approximate surface area is 174 Å². The summed E-state index contributed by atoms with van der Waals surface area (Å²) in [5, 5.41) is 11.2. The third-order valence-electron chi connectivity index (χ3n) is 4.51. The Balaban J connectivity index is 1.83. The zero-order valence-corrected chi connectivity index (χ0v) is 17.9. The second-order valence-corrected chi connectivity index (χ2v) is 9.01. The fourth-order valence-electron chi connectivity index (χ4n) is 3.24. The zero-order chi connectivity index (χ0) is 19.7. The molecule has 2 aliphatic heterocycles. The van der Waals surface area contributed by atoms with Gasteiger partial charge in [0.25, 0.3) is 5.91 Å². The molecule has 0 radical (unpaired) electrons. The molecule has 3 rings (SSSR count). The van der Waals surface area contributed by atoms with Gasteiger partial charge in [-0.1, -0.05) is 62.2 Å². The maximum Gasteiger partial charge on any atom is 0.352 e. The third kappa shape index (κ3) is 3.62. The lowest BCUT2D eigenvalue weighted by Crippen LogP contribution is -2.74. The standard InChI is InChI=1S/C17H16Br2N2O5S/c18-7-10-11(8-19)27(26)16-13(15(23)21(16)14(10)17(24)25)20-12(22)6-9-4-2-1-3-5-9/h1-5,11,13,16H,6-8H2,(H,20,22)(H,24,25)/t11?,13?,16-,27?/m1/s1. The number of rotatable bonds is 6. The summed E-state index contributed by atoms with van der Waals surface area (Å²) in [6.07, 6.45) is 0.0835. The second-order valence-electron chi connectivity index (χ2n) is 6.09. The van der Waals surface area contributed by atoms with Crippen molar-refractivity contribution in [3.63, 3.8) is 0 Å². The number of benzene rings is 1. The van der Waals surface area contributed by atoms with Gasteiger partial charge in [0.1, 0.15) is 17.1 Å². The van der Waals surface area contributed by atoms with Gasteiger partial charge >= 0.3 is 5.97 Å². The maximum atomic E-state index is 12.9. The third-order valence-corrected chi connectivity index (χ3v) is 8.16. The van der Waals surface area contributed by atoms with Crippen molar-refractivity contribution >= 4 is 60.4 Å². The largest absolute Gasteiger partial charge is 0.477 e. The summed E-state index contributed by atoms with van der Waals surface area (Å²) in [4.78, 5) is 37.6. The normalized spacial score (nSPS) is 27.0. The van der Waals surface area contributed by atoms with Gasteiger partial charge < -0.3 is 10.4 Å². The average Bonchev–Trinajstić information content (AvgIpc) is 2.65. The number of hydrogen-bond acceptors (Lipinski definition) is 4. The molecule has 7 nitrogen and oxygen atoms in total. The number of carbonyl (C=O) groups excluding carboxylic acids is 2. The van der Waals surface area contributed by atoms with Crippen LogP contribution in [0.1, 0.15) is 5.56 Å². The molecule has 1 saturated heterocycles. The average molecular weight is 520 g/mol. The summed E-state index contributed by atoms with van der Waals surface area (Å²) >= 11 is 6.51. The Hall–Kier alpha value is -1.52. The van der Waals surface area contributed by atoms with Gasteiger partial charge in [0.2, 0.25) is 5.91 Å². The summed E-state index contributed by atoms with van der Waals surface area (Å²) in [6.45, 7) is 0. The van der Waals surface area contributed by atoms with Crippen LogP contribution in [0.25, 0.3) is 0 Å². The molecule has 0 aliphatic carbocycles. The van der Waals surface area contributed by atoms with Crippen molar-refractivity contribution in [1.82, 2.24) is 10.2 Å². The van der Waals surface area contributed by atoms with Crippen molar-refractivity contribution in [3.8, 4) is 0 Å². The van der Waals surface area contributed by atoms with Crippen molar-refractivity contribution in [3.05, 3.63) is 47.2 Å². The summed E-state index contributed by atoms with van der Waals surface area (Å²) in [5.74, 6) is -2.18. The molecule has 0 aromatic heterocycles. The van der Waals surface area contributed by atoms with E-state index in [4.69, 9.17) is 0 Å². The number of nitrogens with zero attached hydrogens (tertiary/aromatic N) is 1. The highest BCUT2D eigenvalue weighted by Gasteiger charge is 2.59. The van der Waals surface area contributed by atoms with E-state index in [-0.39, 0.29) is 23.4 Å². The van der Waals surface area contributed by atoms with E-state index in [1.807, 2.05) is 6.07 Å². The Kier molecular flexibility index (Phi) is 6.17. The van der Waals surface area contributed by atoms with Crippen LogP contribution in [0.5, 0.6) is 0 Å². The van der Waals surface area contributed by atoms with Crippen LogP contribution in [0, 0.1) is 0 Å². The molecule has 0 saturated carbocycles. The van der Waals surface area contributed by atoms with Gasteiger partial charge in [-0.3, -0.25) is 18.7 Å². The lowest BCUT2D eigenvalue weighted by molar-refractivity contribution is -0.151. The van der Waals surface area contributed by atoms with E-state index in [1.54, 1.807) is 24.3 Å². The maximum absolute atomic E-state index is 12.9. The van der Waals surface area contributed by atoms with E-state index in [9.17, 15) is 23.7 Å². The fourth-order valence-corrected chi connectivity index (χ4v) is 7.09. The number of hydrogen-bond donors (Lipinski definition) is 2. The minimum Gasteiger partial charge on any atom is -0.477 e. The lowest BCUT2D eigenvalue weighted by Gasteiger charge is -2.50. The van der Waals surface area contributed by atoms with Crippen LogP contribution in [-0.2, 0) is 31.6 Å². The molecule has 10 heteroatoms. The topological polar surface area (TPSA) is 104 Å². The summed E-state index contributed by atoms with van der Waals surface area (Å²) in [6, 6.07) is 8.04. The molecule has 2 aliphatic rings. The molecular formula is C17H16Br2N2O5S. The smallest absolute Gasteiger partial charge is 0.352 e. The van der Waals surface area contributed by atoms with E-state index in [0.29, 0.717) is 10.9 Å². The highest BCUT2D eigenvalue weighted by atomic mass is 79.9. The number of alkyl halides is 2. The molecule has 4 atom stereocenters.